The van der Waals surface area contributed by atoms with Gasteiger partial charge in [-0.15, -0.1) is 0 Å². The monoisotopic (exact) mass is 261 g/mol. The molecule has 0 spiro atoms. The molecule has 0 unspecified atom stereocenters. The Hall–Kier alpha value is -0.0900. The van der Waals surface area contributed by atoms with E-state index in [2.05, 4.69) is 18.6 Å². The lowest BCUT2D eigenvalue weighted by atomic mass is 9.78. The molecule has 1 N–H and O–H groups in total. The van der Waals surface area contributed by atoms with E-state index in [1.165, 1.54) is 6.42 Å². The van der Waals surface area contributed by atoms with E-state index in [-0.39, 0.29) is 17.7 Å². The van der Waals surface area contributed by atoms with Crippen LogP contribution in [0.2, 0.25) is 0 Å². The summed E-state index contributed by atoms with van der Waals surface area (Å²) >= 11 is 0. The standard InChI is InChI=1S/C13H27NO2S/c1-5-10(2)9-17(15,16)14-13-8-6-7-11(3)12(13)4/h10-14H,5-9H2,1-4H3/t10-,11+,12+,13+/m0/s1. The molecule has 0 radical (unpaired) electrons. The van der Waals surface area contributed by atoms with Crippen molar-refractivity contribution in [2.45, 2.75) is 59.4 Å². The molecule has 1 aliphatic carbocycles. The molecule has 0 bridgehead atoms. The van der Waals surface area contributed by atoms with Gasteiger partial charge in [0.1, 0.15) is 0 Å². The minimum atomic E-state index is -3.10. The van der Waals surface area contributed by atoms with Gasteiger partial charge >= 0.3 is 0 Å². The Morgan fingerprint density at radius 3 is 2.53 bits per heavy atom. The van der Waals surface area contributed by atoms with Crippen LogP contribution in [-0.4, -0.2) is 20.2 Å². The zero-order chi connectivity index (χ0) is 13.1. The minimum absolute atomic E-state index is 0.146. The smallest absolute Gasteiger partial charge is 0.212 e. The van der Waals surface area contributed by atoms with Gasteiger partial charge in [0.15, 0.2) is 0 Å². The zero-order valence-electron chi connectivity index (χ0n) is 11.6. The summed E-state index contributed by atoms with van der Waals surface area (Å²) in [5, 5.41) is 0. The molecule has 102 valence electrons. The quantitative estimate of drug-likeness (QED) is 0.827. The molecule has 1 fully saturated rings. The third kappa shape index (κ3) is 4.59. The van der Waals surface area contributed by atoms with Gasteiger partial charge in [-0.3, -0.25) is 0 Å². The second kappa shape index (κ2) is 6.19. The first-order chi connectivity index (χ1) is 7.85. The third-order valence-corrected chi connectivity index (χ3v) is 5.91. The van der Waals surface area contributed by atoms with Crippen molar-refractivity contribution in [2.75, 3.05) is 5.75 Å². The van der Waals surface area contributed by atoms with E-state index in [9.17, 15) is 8.42 Å². The van der Waals surface area contributed by atoms with Crippen molar-refractivity contribution in [1.29, 1.82) is 0 Å². The van der Waals surface area contributed by atoms with Gasteiger partial charge in [0.25, 0.3) is 0 Å². The molecule has 1 aliphatic rings. The Morgan fingerprint density at radius 2 is 1.94 bits per heavy atom. The van der Waals surface area contributed by atoms with Crippen LogP contribution >= 0.6 is 0 Å². The lowest BCUT2D eigenvalue weighted by molar-refractivity contribution is 0.226. The first kappa shape index (κ1) is 15.0. The molecule has 0 aromatic heterocycles. The summed E-state index contributed by atoms with van der Waals surface area (Å²) in [4.78, 5) is 0. The van der Waals surface area contributed by atoms with Crippen molar-refractivity contribution >= 4 is 10.0 Å². The Kier molecular flexibility index (Phi) is 5.45. The Bertz CT molecular complexity index is 326. The maximum Gasteiger partial charge on any atom is 0.212 e. The average Bonchev–Trinajstić information content (AvgIpc) is 2.23. The maximum absolute atomic E-state index is 12.0. The predicted octanol–water partition coefficient (Wildman–Crippen LogP) is 2.78. The van der Waals surface area contributed by atoms with E-state index in [1.54, 1.807) is 0 Å². The highest BCUT2D eigenvalue weighted by molar-refractivity contribution is 7.89. The molecule has 0 aromatic carbocycles. The summed E-state index contributed by atoms with van der Waals surface area (Å²) in [7, 11) is -3.10. The Labute approximate surface area is 106 Å². The van der Waals surface area contributed by atoms with Gasteiger partial charge in [0.05, 0.1) is 5.75 Å². The number of hydrogen-bond donors (Lipinski definition) is 1. The van der Waals surface area contributed by atoms with E-state index in [0.717, 1.165) is 19.3 Å². The highest BCUT2D eigenvalue weighted by Gasteiger charge is 2.30. The third-order valence-electron chi connectivity index (χ3n) is 4.24. The molecule has 4 atom stereocenters. The first-order valence-corrected chi connectivity index (χ1v) is 8.51. The van der Waals surface area contributed by atoms with E-state index < -0.39 is 10.0 Å². The number of nitrogens with one attached hydrogen (secondary N) is 1. The Balaban J connectivity index is 2.57. The van der Waals surface area contributed by atoms with Crippen LogP contribution in [0.15, 0.2) is 0 Å². The summed E-state index contributed by atoms with van der Waals surface area (Å²) in [5.74, 6) is 1.58. The molecule has 1 saturated carbocycles. The molecule has 4 heteroatoms. The molecule has 0 aliphatic heterocycles. The van der Waals surface area contributed by atoms with Gasteiger partial charge < -0.3 is 0 Å². The number of hydrogen-bond acceptors (Lipinski definition) is 2. The van der Waals surface area contributed by atoms with E-state index in [0.29, 0.717) is 11.8 Å². The molecule has 1 rings (SSSR count). The van der Waals surface area contributed by atoms with Crippen LogP contribution in [0.1, 0.15) is 53.4 Å². The lowest BCUT2D eigenvalue weighted by Gasteiger charge is -2.34. The van der Waals surface area contributed by atoms with Gasteiger partial charge in [-0.05, 0) is 24.2 Å². The molecular formula is C13H27NO2S. The van der Waals surface area contributed by atoms with Crippen LogP contribution < -0.4 is 4.72 Å². The van der Waals surface area contributed by atoms with Crippen LogP contribution in [-0.2, 0) is 10.0 Å². The molecular weight excluding hydrogens is 234 g/mol. The topological polar surface area (TPSA) is 46.2 Å². The van der Waals surface area contributed by atoms with Crippen molar-refractivity contribution in [3.05, 3.63) is 0 Å². The van der Waals surface area contributed by atoms with Crippen LogP contribution in [0.4, 0.5) is 0 Å². The maximum atomic E-state index is 12.0. The van der Waals surface area contributed by atoms with Gasteiger partial charge in [-0.1, -0.05) is 47.0 Å². The second-order valence-electron chi connectivity index (χ2n) is 5.79. The van der Waals surface area contributed by atoms with Crippen LogP contribution in [0.5, 0.6) is 0 Å². The van der Waals surface area contributed by atoms with E-state index >= 15 is 0 Å². The fourth-order valence-electron chi connectivity index (χ4n) is 2.52. The molecule has 0 heterocycles. The fraction of sp³-hybridized carbons (Fsp3) is 1.00. The summed E-state index contributed by atoms with van der Waals surface area (Å²) < 4.78 is 26.9. The minimum Gasteiger partial charge on any atom is -0.212 e. The predicted molar refractivity (Wildman–Crippen MR) is 72.3 cm³/mol. The van der Waals surface area contributed by atoms with Crippen molar-refractivity contribution in [3.63, 3.8) is 0 Å². The first-order valence-electron chi connectivity index (χ1n) is 6.85. The summed E-state index contributed by atoms with van der Waals surface area (Å²) in [6, 6.07) is 0.146. The SMILES string of the molecule is CC[C@H](C)CS(=O)(=O)N[C@@H]1CCC[C@@H](C)[C@H]1C. The van der Waals surface area contributed by atoms with Crippen LogP contribution in [0.25, 0.3) is 0 Å². The number of rotatable bonds is 5. The highest BCUT2D eigenvalue weighted by Crippen LogP contribution is 2.29. The van der Waals surface area contributed by atoms with Crippen molar-refractivity contribution in [1.82, 2.24) is 4.72 Å². The summed E-state index contributed by atoms with van der Waals surface area (Å²) in [6.45, 7) is 8.41. The average molecular weight is 261 g/mol. The van der Waals surface area contributed by atoms with Gasteiger partial charge in [-0.25, -0.2) is 13.1 Å². The van der Waals surface area contributed by atoms with Crippen molar-refractivity contribution < 1.29 is 8.42 Å². The summed E-state index contributed by atoms with van der Waals surface area (Å²) in [6.07, 6.45) is 4.27. The molecule has 0 aromatic rings. The lowest BCUT2D eigenvalue weighted by Crippen LogP contribution is -2.45. The normalized spacial score (nSPS) is 32.4. The van der Waals surface area contributed by atoms with Gasteiger partial charge in [0, 0.05) is 6.04 Å². The fourth-order valence-corrected chi connectivity index (χ4v) is 4.39. The van der Waals surface area contributed by atoms with Gasteiger partial charge in [-0.2, -0.15) is 0 Å². The zero-order valence-corrected chi connectivity index (χ0v) is 12.4. The van der Waals surface area contributed by atoms with Crippen molar-refractivity contribution in [2.24, 2.45) is 17.8 Å². The van der Waals surface area contributed by atoms with Crippen LogP contribution in [0, 0.1) is 17.8 Å². The van der Waals surface area contributed by atoms with Gasteiger partial charge in [0.2, 0.25) is 10.0 Å². The summed E-state index contributed by atoms with van der Waals surface area (Å²) in [5.41, 5.74) is 0. The number of sulfonamides is 1. The van der Waals surface area contributed by atoms with Crippen LogP contribution in [0.3, 0.4) is 0 Å². The van der Waals surface area contributed by atoms with E-state index in [1.807, 2.05) is 13.8 Å². The molecule has 0 saturated heterocycles. The molecule has 0 amide bonds. The second-order valence-corrected chi connectivity index (χ2v) is 7.59. The van der Waals surface area contributed by atoms with Crippen molar-refractivity contribution in [3.8, 4) is 0 Å². The largest absolute Gasteiger partial charge is 0.212 e. The molecule has 3 nitrogen and oxygen atoms in total. The highest BCUT2D eigenvalue weighted by atomic mass is 32.2. The Morgan fingerprint density at radius 1 is 1.29 bits per heavy atom. The van der Waals surface area contributed by atoms with E-state index in [4.69, 9.17) is 0 Å². The molecule has 17 heavy (non-hydrogen) atoms.